The van der Waals surface area contributed by atoms with Crippen molar-refractivity contribution in [2.45, 2.75) is 96.5 Å². The van der Waals surface area contributed by atoms with Crippen molar-refractivity contribution in [2.24, 2.45) is 5.92 Å². The molecular weight excluding hydrogens is 559 g/mol. The number of aliphatic hydroxyl groups excluding tert-OH is 1. The molecule has 1 aliphatic carbocycles. The van der Waals surface area contributed by atoms with Crippen molar-refractivity contribution in [3.05, 3.63) is 21.9 Å². The molecule has 0 spiro atoms. The van der Waals surface area contributed by atoms with E-state index in [0.717, 1.165) is 43.3 Å². The number of nitrogens with zero attached hydrogens (tertiary/aromatic N) is 2. The first-order chi connectivity index (χ1) is 17.9. The molecule has 0 bridgehead atoms. The highest BCUT2D eigenvalue weighted by atomic mass is 35.5. The van der Waals surface area contributed by atoms with E-state index in [-0.39, 0.29) is 25.4 Å². The van der Waals surface area contributed by atoms with Gasteiger partial charge in [0.25, 0.3) is 0 Å². The van der Waals surface area contributed by atoms with Gasteiger partial charge in [-0.3, -0.25) is 0 Å². The molecule has 1 aromatic heterocycles. The van der Waals surface area contributed by atoms with Crippen molar-refractivity contribution < 1.29 is 24.1 Å². The number of aromatic nitrogens is 2. The lowest BCUT2D eigenvalue weighted by Gasteiger charge is -2.27. The number of benzene rings is 1. The van der Waals surface area contributed by atoms with Crippen LogP contribution in [0.25, 0.3) is 11.0 Å². The van der Waals surface area contributed by atoms with Crippen molar-refractivity contribution in [3.63, 3.8) is 0 Å². The largest absolute Gasteiger partial charge is 0.489 e. The topological polar surface area (TPSA) is 75.0 Å². The van der Waals surface area contributed by atoms with Crippen LogP contribution in [0.15, 0.2) is 6.07 Å². The van der Waals surface area contributed by atoms with E-state index >= 15 is 0 Å². The molecule has 1 fully saturated rings. The first-order valence-electron chi connectivity index (χ1n) is 13.8. The van der Waals surface area contributed by atoms with E-state index < -0.39 is 16.1 Å². The van der Waals surface area contributed by atoms with Gasteiger partial charge < -0.3 is 28.6 Å². The van der Waals surface area contributed by atoms with Crippen LogP contribution in [0.3, 0.4) is 0 Å². The summed E-state index contributed by atoms with van der Waals surface area (Å²) in [5, 5.41) is 11.1. The standard InChI is InChI=1S/C27H46Cl2N2O5Si2/c1-37(2,3)13-11-33-18-31-22-15-21(28)25(29)27(36-16-20-9-7-8-10-23(20)32)26(22)30-24(31)17-35-19-34-12-14-38(4,5)6/h15,20,23,32H,7-14,16-19H2,1-6H3/t20-,23-/m1/s1. The van der Waals surface area contributed by atoms with Crippen molar-refractivity contribution in [1.29, 1.82) is 0 Å². The fourth-order valence-corrected chi connectivity index (χ4v) is 6.25. The number of aliphatic hydroxyl groups is 1. The normalized spacial score (nSPS) is 18.9. The van der Waals surface area contributed by atoms with Gasteiger partial charge in [-0.15, -0.1) is 0 Å². The van der Waals surface area contributed by atoms with Crippen LogP contribution in [0.5, 0.6) is 5.75 Å². The molecule has 1 saturated carbocycles. The van der Waals surface area contributed by atoms with Gasteiger partial charge in [-0.25, -0.2) is 4.98 Å². The van der Waals surface area contributed by atoms with Gasteiger partial charge in [0.15, 0.2) is 5.75 Å². The summed E-state index contributed by atoms with van der Waals surface area (Å²) in [5.41, 5.74) is 1.40. The Labute approximate surface area is 240 Å². The molecule has 1 heterocycles. The molecule has 1 aromatic carbocycles. The summed E-state index contributed by atoms with van der Waals surface area (Å²) < 4.78 is 25.9. The fraction of sp³-hybridized carbons (Fsp3) is 0.741. The Morgan fingerprint density at radius 3 is 2.29 bits per heavy atom. The van der Waals surface area contributed by atoms with Crippen molar-refractivity contribution in [1.82, 2.24) is 9.55 Å². The van der Waals surface area contributed by atoms with Crippen LogP contribution in [0.1, 0.15) is 31.5 Å². The average molecular weight is 606 g/mol. The molecule has 0 unspecified atom stereocenters. The molecule has 7 nitrogen and oxygen atoms in total. The second-order valence-electron chi connectivity index (χ2n) is 12.8. The molecule has 1 N–H and O–H groups in total. The molecule has 3 rings (SSSR count). The van der Waals surface area contributed by atoms with Gasteiger partial charge in [0.05, 0.1) is 23.3 Å². The monoisotopic (exact) mass is 604 g/mol. The molecule has 216 valence electrons. The van der Waals surface area contributed by atoms with Crippen LogP contribution in [0, 0.1) is 5.92 Å². The minimum absolute atomic E-state index is 0.0666. The zero-order chi connectivity index (χ0) is 27.9. The molecule has 0 amide bonds. The van der Waals surface area contributed by atoms with Crippen molar-refractivity contribution in [2.75, 3.05) is 26.6 Å². The van der Waals surface area contributed by atoms with E-state index in [2.05, 4.69) is 39.3 Å². The number of hydrogen-bond acceptors (Lipinski definition) is 6. The minimum atomic E-state index is -1.22. The third kappa shape index (κ3) is 9.76. The van der Waals surface area contributed by atoms with Gasteiger partial charge in [0.2, 0.25) is 0 Å². The van der Waals surface area contributed by atoms with Crippen LogP contribution in [-0.2, 0) is 27.5 Å². The summed E-state index contributed by atoms with van der Waals surface area (Å²) in [6, 6.07) is 3.97. The quantitative estimate of drug-likeness (QED) is 0.129. The third-order valence-electron chi connectivity index (χ3n) is 6.90. The van der Waals surface area contributed by atoms with Gasteiger partial charge in [0.1, 0.15) is 36.5 Å². The van der Waals surface area contributed by atoms with Crippen molar-refractivity contribution in [3.8, 4) is 5.75 Å². The second-order valence-corrected chi connectivity index (χ2v) is 24.8. The third-order valence-corrected chi connectivity index (χ3v) is 11.1. The number of hydrogen-bond donors (Lipinski definition) is 1. The molecule has 2 atom stereocenters. The van der Waals surface area contributed by atoms with Gasteiger partial charge in [-0.1, -0.05) is 75.3 Å². The van der Waals surface area contributed by atoms with Gasteiger partial charge in [0, 0.05) is 35.3 Å². The summed E-state index contributed by atoms with van der Waals surface area (Å²) in [4.78, 5) is 4.87. The van der Waals surface area contributed by atoms with Crippen LogP contribution in [-0.4, -0.2) is 63.5 Å². The Morgan fingerprint density at radius 2 is 1.63 bits per heavy atom. The molecule has 38 heavy (non-hydrogen) atoms. The molecule has 0 aliphatic heterocycles. The van der Waals surface area contributed by atoms with E-state index in [0.29, 0.717) is 53.7 Å². The maximum atomic E-state index is 10.4. The predicted molar refractivity (Wildman–Crippen MR) is 161 cm³/mol. The Morgan fingerprint density at radius 1 is 0.974 bits per heavy atom. The van der Waals surface area contributed by atoms with E-state index in [1.54, 1.807) is 0 Å². The second kappa shape index (κ2) is 14.3. The Hall–Kier alpha value is -0.656. The van der Waals surface area contributed by atoms with Crippen molar-refractivity contribution >= 4 is 50.4 Å². The van der Waals surface area contributed by atoms with E-state index in [1.165, 1.54) is 0 Å². The van der Waals surface area contributed by atoms with Crippen LogP contribution in [0.2, 0.25) is 61.4 Å². The van der Waals surface area contributed by atoms with Gasteiger partial charge in [-0.2, -0.15) is 0 Å². The maximum absolute atomic E-state index is 10.4. The van der Waals surface area contributed by atoms with E-state index in [9.17, 15) is 5.11 Å². The predicted octanol–water partition coefficient (Wildman–Crippen LogP) is 7.41. The summed E-state index contributed by atoms with van der Waals surface area (Å²) in [5.74, 6) is 1.21. The van der Waals surface area contributed by atoms with Crippen LogP contribution < -0.4 is 4.74 Å². The highest BCUT2D eigenvalue weighted by molar-refractivity contribution is 6.76. The number of imidazole rings is 1. The summed E-state index contributed by atoms with van der Waals surface area (Å²) in [7, 11) is -2.37. The molecule has 0 saturated heterocycles. The van der Waals surface area contributed by atoms with Crippen LogP contribution in [0.4, 0.5) is 0 Å². The number of rotatable bonds is 15. The maximum Gasteiger partial charge on any atom is 0.167 e. The average Bonchev–Trinajstić information content (AvgIpc) is 3.15. The van der Waals surface area contributed by atoms with Gasteiger partial charge in [-0.05, 0) is 31.0 Å². The lowest BCUT2D eigenvalue weighted by molar-refractivity contribution is -0.0609. The molecule has 11 heteroatoms. The summed E-state index contributed by atoms with van der Waals surface area (Å²) >= 11 is 13.2. The zero-order valence-corrected chi connectivity index (χ0v) is 27.5. The molecule has 2 aromatic rings. The van der Waals surface area contributed by atoms with Crippen LogP contribution >= 0.6 is 23.2 Å². The highest BCUT2D eigenvalue weighted by Crippen LogP contribution is 2.40. The van der Waals surface area contributed by atoms with E-state index in [1.807, 2.05) is 10.6 Å². The number of fused-ring (bicyclic) bond motifs is 1. The summed E-state index contributed by atoms with van der Waals surface area (Å²) in [6.45, 7) is 16.5. The molecule has 1 aliphatic rings. The summed E-state index contributed by atoms with van der Waals surface area (Å²) in [6.07, 6.45) is 3.51. The smallest absolute Gasteiger partial charge is 0.167 e. The Kier molecular flexibility index (Phi) is 12.0. The number of halogens is 2. The zero-order valence-electron chi connectivity index (χ0n) is 23.9. The minimum Gasteiger partial charge on any atom is -0.489 e. The SMILES string of the molecule is C[Si](C)(C)CCOCOCc1nc2c(OC[C@H]3CCCC[C@H]3O)c(Cl)c(Cl)cc2n1COCC[Si](C)(C)C. The highest BCUT2D eigenvalue weighted by Gasteiger charge is 2.26. The molecular formula is C27H46Cl2N2O5Si2. The lowest BCUT2D eigenvalue weighted by Crippen LogP contribution is -2.29. The Balaban J connectivity index is 1.79. The number of ether oxygens (including phenoxy) is 4. The fourth-order valence-electron chi connectivity index (χ4n) is 4.34. The van der Waals surface area contributed by atoms with E-state index in [4.69, 9.17) is 47.1 Å². The van der Waals surface area contributed by atoms with Gasteiger partial charge >= 0.3 is 0 Å². The Bertz CT molecular complexity index is 1040. The lowest BCUT2D eigenvalue weighted by atomic mass is 9.87. The first-order valence-corrected chi connectivity index (χ1v) is 21.9. The first kappa shape index (κ1) is 31.9. The molecule has 0 radical (unpaired) electrons.